The van der Waals surface area contributed by atoms with Crippen LogP contribution in [0.15, 0.2) is 12.6 Å². The van der Waals surface area contributed by atoms with Gasteiger partial charge in [0.05, 0.1) is 12.6 Å². The molecule has 0 aliphatic heterocycles. The van der Waals surface area contributed by atoms with E-state index < -0.39 is 0 Å². The largest absolute Gasteiger partial charge is 0.330 e. The number of hydrogen-bond acceptors (Lipinski definition) is 3. The standard InChI is InChI=1S/C7H9N5/c1-2-12-4-11-5-6(8)9-3-10-7(5)12/h3-4H,2H2,1H3,(H2,8,9,10)/i3D. The van der Waals surface area contributed by atoms with Crippen LogP contribution < -0.4 is 5.49 Å². The first-order chi connectivity index (χ1) is 6.22. The summed E-state index contributed by atoms with van der Waals surface area (Å²) in [5.74, 6) is 0. The maximum Gasteiger partial charge on any atom is 0.176 e. The minimum atomic E-state index is -0.00676. The van der Waals surface area contributed by atoms with Crippen LogP contribution in [0.5, 0.6) is 0 Å². The van der Waals surface area contributed by atoms with Gasteiger partial charge in [0, 0.05) is 6.54 Å². The molecular weight excluding hydrogens is 154 g/mol. The maximum absolute atomic E-state index is 7.47. The quantitative estimate of drug-likeness (QED) is 0.634. The highest BCUT2D eigenvalue weighted by Gasteiger charge is 2.01. The number of nitrogens with one attached hydrogen (secondary N) is 2. The Morgan fingerprint density at radius 2 is 2.58 bits per heavy atom. The molecule has 5 heteroatoms. The van der Waals surface area contributed by atoms with E-state index in [9.17, 15) is 0 Å². The van der Waals surface area contributed by atoms with Gasteiger partial charge in [-0.3, -0.25) is 5.41 Å². The molecule has 0 spiro atoms. The van der Waals surface area contributed by atoms with Gasteiger partial charge in [-0.2, -0.15) is 0 Å². The van der Waals surface area contributed by atoms with E-state index in [0.717, 1.165) is 6.54 Å². The van der Waals surface area contributed by atoms with Crippen molar-refractivity contribution in [3.8, 4) is 0 Å². The van der Waals surface area contributed by atoms with Crippen LogP contribution in [0.1, 0.15) is 8.29 Å². The SMILES string of the molecule is [2H]c1nc(=N)c2ncn(CC)c2[nH]1. The number of H-pyrrole nitrogens is 1. The smallest absolute Gasteiger partial charge is 0.176 e. The van der Waals surface area contributed by atoms with Crippen LogP contribution in [0.2, 0.25) is 0 Å². The summed E-state index contributed by atoms with van der Waals surface area (Å²) in [5.41, 5.74) is 1.25. The molecular formula is C7H9N5. The molecule has 0 aliphatic rings. The number of aryl methyl sites for hydroxylation is 1. The molecule has 12 heavy (non-hydrogen) atoms. The van der Waals surface area contributed by atoms with Crippen LogP contribution in [-0.4, -0.2) is 19.5 Å². The topological polar surface area (TPSA) is 70.3 Å². The third-order valence-corrected chi connectivity index (χ3v) is 1.74. The lowest BCUT2D eigenvalue weighted by atomic mass is 10.5. The molecule has 2 aromatic heterocycles. The zero-order valence-electron chi connectivity index (χ0n) is 7.63. The van der Waals surface area contributed by atoms with Crippen molar-refractivity contribution >= 4 is 11.2 Å². The van der Waals surface area contributed by atoms with Gasteiger partial charge in [0.1, 0.15) is 12.5 Å². The molecule has 0 saturated heterocycles. The monoisotopic (exact) mass is 164 g/mol. The summed E-state index contributed by atoms with van der Waals surface area (Å²) in [5, 5.41) is 7.47. The molecule has 2 rings (SSSR count). The third-order valence-electron chi connectivity index (χ3n) is 1.74. The fourth-order valence-corrected chi connectivity index (χ4v) is 1.12. The predicted octanol–water partition coefficient (Wildman–Crippen LogP) is 0.259. The summed E-state index contributed by atoms with van der Waals surface area (Å²) in [6.07, 6.45) is 1.63. The normalized spacial score (nSPS) is 11.9. The van der Waals surface area contributed by atoms with Crippen LogP contribution in [0.4, 0.5) is 0 Å². The number of hydrogen-bond donors (Lipinski definition) is 2. The Kier molecular flexibility index (Phi) is 1.21. The third kappa shape index (κ3) is 0.827. The molecule has 0 atom stereocenters. The van der Waals surface area contributed by atoms with Crippen LogP contribution in [0, 0.1) is 5.41 Å². The van der Waals surface area contributed by atoms with E-state index in [1.807, 2.05) is 11.5 Å². The van der Waals surface area contributed by atoms with Crippen molar-refractivity contribution in [2.24, 2.45) is 0 Å². The van der Waals surface area contributed by atoms with Crippen molar-refractivity contribution in [3.63, 3.8) is 0 Å². The molecule has 62 valence electrons. The fraction of sp³-hybridized carbons (Fsp3) is 0.286. The fourth-order valence-electron chi connectivity index (χ4n) is 1.12. The van der Waals surface area contributed by atoms with Gasteiger partial charge < -0.3 is 9.55 Å². The van der Waals surface area contributed by atoms with Crippen molar-refractivity contribution in [3.05, 3.63) is 18.1 Å². The lowest BCUT2D eigenvalue weighted by Crippen LogP contribution is -2.07. The summed E-state index contributed by atoms with van der Waals surface area (Å²) in [4.78, 5) is 10.4. The van der Waals surface area contributed by atoms with Gasteiger partial charge in [-0.25, -0.2) is 9.97 Å². The summed E-state index contributed by atoms with van der Waals surface area (Å²) in [6.45, 7) is 2.73. The molecule has 0 fully saturated rings. The van der Waals surface area contributed by atoms with Gasteiger partial charge in [0.2, 0.25) is 0 Å². The van der Waals surface area contributed by atoms with E-state index in [-0.39, 0.29) is 11.8 Å². The van der Waals surface area contributed by atoms with Gasteiger partial charge in [-0.05, 0) is 6.92 Å². The molecule has 0 aromatic carbocycles. The van der Waals surface area contributed by atoms with Crippen molar-refractivity contribution in [2.45, 2.75) is 13.5 Å². The highest BCUT2D eigenvalue weighted by atomic mass is 15.1. The number of aromatic amines is 1. The highest BCUT2D eigenvalue weighted by Crippen LogP contribution is 2.02. The van der Waals surface area contributed by atoms with Gasteiger partial charge in [-0.1, -0.05) is 0 Å². The van der Waals surface area contributed by atoms with E-state index >= 15 is 0 Å². The van der Waals surface area contributed by atoms with E-state index in [0.29, 0.717) is 11.2 Å². The first-order valence-electron chi connectivity index (χ1n) is 4.18. The molecule has 0 radical (unpaired) electrons. The average molecular weight is 164 g/mol. The molecule has 0 aliphatic carbocycles. The summed E-state index contributed by atoms with van der Waals surface area (Å²) < 4.78 is 9.14. The second-order valence-corrected chi connectivity index (χ2v) is 2.43. The number of aromatic nitrogens is 4. The van der Waals surface area contributed by atoms with Crippen molar-refractivity contribution in [1.29, 1.82) is 5.41 Å². The van der Waals surface area contributed by atoms with Gasteiger partial charge >= 0.3 is 0 Å². The van der Waals surface area contributed by atoms with Crippen LogP contribution in [-0.2, 0) is 6.54 Å². The van der Waals surface area contributed by atoms with Crippen molar-refractivity contribution < 1.29 is 1.37 Å². The van der Waals surface area contributed by atoms with E-state index in [4.69, 9.17) is 6.78 Å². The molecule has 2 heterocycles. The lowest BCUT2D eigenvalue weighted by Gasteiger charge is -1.96. The first-order valence-corrected chi connectivity index (χ1v) is 3.68. The zero-order valence-corrected chi connectivity index (χ0v) is 6.63. The van der Waals surface area contributed by atoms with Crippen LogP contribution in [0.25, 0.3) is 11.2 Å². The second-order valence-electron chi connectivity index (χ2n) is 2.43. The Hall–Kier alpha value is -1.65. The van der Waals surface area contributed by atoms with Crippen LogP contribution in [0.3, 0.4) is 0 Å². The predicted molar refractivity (Wildman–Crippen MR) is 43.4 cm³/mol. The molecule has 2 aromatic rings. The molecule has 0 amide bonds. The number of fused-ring (bicyclic) bond motifs is 1. The summed E-state index contributed by atoms with van der Waals surface area (Å²) >= 11 is 0. The average Bonchev–Trinajstić information content (AvgIpc) is 2.47. The highest BCUT2D eigenvalue weighted by molar-refractivity contribution is 5.68. The molecule has 5 nitrogen and oxygen atoms in total. The maximum atomic E-state index is 7.47. The minimum Gasteiger partial charge on any atom is -0.330 e. The Labute approximate surface area is 70.0 Å². The Balaban J connectivity index is 2.90. The molecule has 0 unspecified atom stereocenters. The number of nitrogens with zero attached hydrogens (tertiary/aromatic N) is 3. The second kappa shape index (κ2) is 2.44. The van der Waals surface area contributed by atoms with Gasteiger partial charge in [0.25, 0.3) is 0 Å². The minimum absolute atomic E-state index is 0.00676. The van der Waals surface area contributed by atoms with E-state index in [2.05, 4.69) is 15.0 Å². The van der Waals surface area contributed by atoms with Crippen molar-refractivity contribution in [2.75, 3.05) is 0 Å². The molecule has 0 saturated carbocycles. The molecule has 2 N–H and O–H groups in total. The number of imidazole rings is 1. The van der Waals surface area contributed by atoms with Gasteiger partial charge in [0.15, 0.2) is 5.49 Å². The number of rotatable bonds is 1. The summed E-state index contributed by atoms with van der Waals surface area (Å²) in [7, 11) is 0. The van der Waals surface area contributed by atoms with Crippen LogP contribution >= 0.6 is 0 Å². The Morgan fingerprint density at radius 3 is 3.33 bits per heavy atom. The zero-order chi connectivity index (χ0) is 9.42. The molecule has 0 bridgehead atoms. The van der Waals surface area contributed by atoms with E-state index in [1.165, 1.54) is 0 Å². The van der Waals surface area contributed by atoms with E-state index in [1.54, 1.807) is 6.33 Å². The lowest BCUT2D eigenvalue weighted by molar-refractivity contribution is 0.777. The first kappa shape index (κ1) is 5.93. The van der Waals surface area contributed by atoms with Crippen molar-refractivity contribution in [1.82, 2.24) is 19.5 Å². The summed E-state index contributed by atoms with van der Waals surface area (Å²) in [6, 6.07) is 0. The Morgan fingerprint density at radius 1 is 1.75 bits per heavy atom. The Bertz CT molecular complexity index is 497. The van der Waals surface area contributed by atoms with Gasteiger partial charge in [-0.15, -0.1) is 0 Å².